The topological polar surface area (TPSA) is 69.0 Å². The van der Waals surface area contributed by atoms with E-state index in [0.717, 1.165) is 54.0 Å². The third kappa shape index (κ3) is 3.27. The Kier molecular flexibility index (Phi) is 4.56. The van der Waals surface area contributed by atoms with Gasteiger partial charge in [-0.25, -0.2) is 0 Å². The van der Waals surface area contributed by atoms with Crippen LogP contribution in [0.25, 0.3) is 10.8 Å². The minimum Gasteiger partial charge on any atom is -0.497 e. The lowest BCUT2D eigenvalue weighted by molar-refractivity contribution is 0.0949. The van der Waals surface area contributed by atoms with E-state index < -0.39 is 0 Å². The number of aromatic nitrogens is 3. The summed E-state index contributed by atoms with van der Waals surface area (Å²) in [6.45, 7) is 1.33. The lowest BCUT2D eigenvalue weighted by Gasteiger charge is -2.09. The van der Waals surface area contributed by atoms with Crippen LogP contribution in [0, 0.1) is 0 Å². The van der Waals surface area contributed by atoms with Crippen LogP contribution >= 0.6 is 0 Å². The zero-order valence-corrected chi connectivity index (χ0v) is 14.9. The minimum absolute atomic E-state index is 0.103. The first-order chi connectivity index (χ1) is 12.7. The van der Waals surface area contributed by atoms with E-state index in [9.17, 15) is 4.79 Å². The molecule has 2 heterocycles. The lowest BCUT2D eigenvalue weighted by atomic mass is 10.1. The van der Waals surface area contributed by atoms with Crippen molar-refractivity contribution in [3.8, 4) is 5.75 Å². The Morgan fingerprint density at radius 3 is 2.85 bits per heavy atom. The number of benzene rings is 2. The van der Waals surface area contributed by atoms with Gasteiger partial charge in [0.1, 0.15) is 11.6 Å². The predicted octanol–water partition coefficient (Wildman–Crippen LogP) is 3.10. The second-order valence-corrected chi connectivity index (χ2v) is 6.61. The van der Waals surface area contributed by atoms with Gasteiger partial charge in [-0.2, -0.15) is 0 Å². The highest BCUT2D eigenvalue weighted by atomic mass is 16.5. The molecular formula is C20H22N4O2. The van der Waals surface area contributed by atoms with Gasteiger partial charge in [-0.1, -0.05) is 18.6 Å². The summed E-state index contributed by atoms with van der Waals surface area (Å²) in [4.78, 5) is 12.5. The van der Waals surface area contributed by atoms with E-state index in [4.69, 9.17) is 4.74 Å². The number of nitrogens with zero attached hydrogens (tertiary/aromatic N) is 3. The van der Waals surface area contributed by atoms with Crippen molar-refractivity contribution >= 4 is 16.7 Å². The van der Waals surface area contributed by atoms with Crippen LogP contribution in [0.4, 0.5) is 0 Å². The van der Waals surface area contributed by atoms with Crippen molar-refractivity contribution < 1.29 is 9.53 Å². The highest BCUT2D eigenvalue weighted by Gasteiger charge is 2.15. The van der Waals surface area contributed by atoms with Crippen LogP contribution in [0.1, 0.15) is 41.3 Å². The molecule has 6 nitrogen and oxygen atoms in total. The molecule has 0 aliphatic carbocycles. The molecule has 1 amide bonds. The summed E-state index contributed by atoms with van der Waals surface area (Å²) in [5, 5.41) is 13.6. The number of carbonyl (C=O) groups excluding carboxylic acids is 1. The maximum absolute atomic E-state index is 12.5. The van der Waals surface area contributed by atoms with Crippen molar-refractivity contribution in [1.29, 1.82) is 0 Å². The maximum Gasteiger partial charge on any atom is 0.251 e. The van der Waals surface area contributed by atoms with Gasteiger partial charge < -0.3 is 14.6 Å². The number of hydrogen-bond donors (Lipinski definition) is 1. The molecule has 0 saturated heterocycles. The Bertz CT molecular complexity index is 948. The average Bonchev–Trinajstić information content (AvgIpc) is 2.91. The molecule has 3 aromatic rings. The minimum atomic E-state index is -0.103. The van der Waals surface area contributed by atoms with Gasteiger partial charge in [0.2, 0.25) is 0 Å². The van der Waals surface area contributed by atoms with Crippen LogP contribution in [-0.4, -0.2) is 27.8 Å². The summed E-state index contributed by atoms with van der Waals surface area (Å²) in [7, 11) is 1.65. The van der Waals surface area contributed by atoms with Gasteiger partial charge in [0.15, 0.2) is 5.82 Å². The molecule has 1 N–H and O–H groups in total. The molecule has 0 radical (unpaired) electrons. The van der Waals surface area contributed by atoms with E-state index in [0.29, 0.717) is 12.1 Å². The van der Waals surface area contributed by atoms with Gasteiger partial charge in [-0.3, -0.25) is 4.79 Å². The van der Waals surface area contributed by atoms with E-state index >= 15 is 0 Å². The fourth-order valence-electron chi connectivity index (χ4n) is 3.43. The van der Waals surface area contributed by atoms with Gasteiger partial charge in [0, 0.05) is 18.5 Å². The van der Waals surface area contributed by atoms with Gasteiger partial charge in [0.05, 0.1) is 13.7 Å². The quantitative estimate of drug-likeness (QED) is 0.785. The Morgan fingerprint density at radius 1 is 1.12 bits per heavy atom. The smallest absolute Gasteiger partial charge is 0.251 e. The molecule has 1 aliphatic rings. The average molecular weight is 350 g/mol. The Morgan fingerprint density at radius 2 is 1.96 bits per heavy atom. The van der Waals surface area contributed by atoms with Gasteiger partial charge >= 0.3 is 0 Å². The SMILES string of the molecule is COc1ccc2cc(C(=O)NCc3nnc4n3CCCCC4)ccc2c1. The largest absolute Gasteiger partial charge is 0.497 e. The first kappa shape index (κ1) is 16.6. The van der Waals surface area contributed by atoms with Crippen LogP contribution in [0.2, 0.25) is 0 Å². The first-order valence-corrected chi connectivity index (χ1v) is 9.01. The van der Waals surface area contributed by atoms with Crippen LogP contribution in [-0.2, 0) is 19.5 Å². The Hall–Kier alpha value is -2.89. The van der Waals surface area contributed by atoms with Crippen molar-refractivity contribution in [2.24, 2.45) is 0 Å². The number of nitrogens with one attached hydrogen (secondary N) is 1. The summed E-state index contributed by atoms with van der Waals surface area (Å²) >= 11 is 0. The Balaban J connectivity index is 1.48. The van der Waals surface area contributed by atoms with Crippen LogP contribution in [0.15, 0.2) is 36.4 Å². The molecule has 6 heteroatoms. The monoisotopic (exact) mass is 350 g/mol. The van der Waals surface area contributed by atoms with Crippen LogP contribution in [0.5, 0.6) is 5.75 Å². The normalized spacial score (nSPS) is 13.9. The molecular weight excluding hydrogens is 328 g/mol. The van der Waals surface area contributed by atoms with Crippen molar-refractivity contribution in [1.82, 2.24) is 20.1 Å². The second kappa shape index (κ2) is 7.15. The third-order valence-corrected chi connectivity index (χ3v) is 4.90. The zero-order valence-electron chi connectivity index (χ0n) is 14.9. The highest BCUT2D eigenvalue weighted by molar-refractivity contribution is 5.98. The highest BCUT2D eigenvalue weighted by Crippen LogP contribution is 2.22. The number of fused-ring (bicyclic) bond motifs is 2. The molecule has 0 unspecified atom stereocenters. The molecule has 0 atom stereocenters. The Labute approximate surface area is 152 Å². The summed E-state index contributed by atoms with van der Waals surface area (Å²) < 4.78 is 7.39. The fraction of sp³-hybridized carbons (Fsp3) is 0.350. The van der Waals surface area contributed by atoms with Crippen molar-refractivity contribution in [3.05, 3.63) is 53.6 Å². The molecule has 4 rings (SSSR count). The van der Waals surface area contributed by atoms with Gasteiger partial charge in [0.25, 0.3) is 5.91 Å². The second-order valence-electron chi connectivity index (χ2n) is 6.61. The molecule has 1 aromatic heterocycles. The number of amides is 1. The molecule has 26 heavy (non-hydrogen) atoms. The van der Waals surface area contributed by atoms with Crippen molar-refractivity contribution in [3.63, 3.8) is 0 Å². The van der Waals surface area contributed by atoms with Crippen LogP contribution in [0.3, 0.4) is 0 Å². The molecule has 0 fully saturated rings. The molecule has 134 valence electrons. The number of aryl methyl sites for hydroxylation is 1. The molecule has 1 aliphatic heterocycles. The summed E-state index contributed by atoms with van der Waals surface area (Å²) in [6, 6.07) is 11.5. The standard InChI is InChI=1S/C20H22N4O2/c1-26-17-9-8-14-11-16(7-6-15(14)12-17)20(25)21-13-19-23-22-18-5-3-2-4-10-24(18)19/h6-9,11-12H,2-5,10,13H2,1H3,(H,21,25). The summed E-state index contributed by atoms with van der Waals surface area (Å²) in [5.41, 5.74) is 0.637. The number of hydrogen-bond acceptors (Lipinski definition) is 4. The molecule has 2 aromatic carbocycles. The predicted molar refractivity (Wildman–Crippen MR) is 99.2 cm³/mol. The van der Waals surface area contributed by atoms with Gasteiger partial charge in [-0.05, 0) is 47.9 Å². The van der Waals surface area contributed by atoms with Crippen molar-refractivity contribution in [2.75, 3.05) is 7.11 Å². The molecule has 0 bridgehead atoms. The summed E-state index contributed by atoms with van der Waals surface area (Å²) in [5.74, 6) is 2.57. The molecule has 0 saturated carbocycles. The first-order valence-electron chi connectivity index (χ1n) is 9.01. The fourth-order valence-corrected chi connectivity index (χ4v) is 3.43. The maximum atomic E-state index is 12.5. The number of carbonyl (C=O) groups is 1. The third-order valence-electron chi connectivity index (χ3n) is 4.90. The van der Waals surface area contributed by atoms with E-state index in [2.05, 4.69) is 20.1 Å². The van der Waals surface area contributed by atoms with Crippen LogP contribution < -0.4 is 10.1 Å². The van der Waals surface area contributed by atoms with Gasteiger partial charge in [-0.15, -0.1) is 10.2 Å². The lowest BCUT2D eigenvalue weighted by Crippen LogP contribution is -2.25. The molecule has 0 spiro atoms. The number of methoxy groups -OCH3 is 1. The number of rotatable bonds is 4. The van der Waals surface area contributed by atoms with E-state index in [1.54, 1.807) is 7.11 Å². The zero-order chi connectivity index (χ0) is 17.9. The van der Waals surface area contributed by atoms with E-state index in [-0.39, 0.29) is 5.91 Å². The van der Waals surface area contributed by atoms with Crippen molar-refractivity contribution in [2.45, 2.75) is 38.8 Å². The van der Waals surface area contributed by atoms with E-state index in [1.807, 2.05) is 36.4 Å². The number of ether oxygens (including phenoxy) is 1. The van der Waals surface area contributed by atoms with E-state index in [1.165, 1.54) is 6.42 Å². The summed E-state index contributed by atoms with van der Waals surface area (Å²) in [6.07, 6.45) is 4.48.